The van der Waals surface area contributed by atoms with Gasteiger partial charge >= 0.3 is 0 Å². The number of rotatable bonds is 4. The molecule has 1 atom stereocenters. The van der Waals surface area contributed by atoms with Gasteiger partial charge in [0.15, 0.2) is 0 Å². The van der Waals surface area contributed by atoms with Crippen molar-refractivity contribution in [1.82, 2.24) is 14.8 Å². The summed E-state index contributed by atoms with van der Waals surface area (Å²) >= 11 is 7.72. The second-order valence-corrected chi connectivity index (χ2v) is 8.34. The number of thiazole rings is 1. The Hall–Kier alpha value is -1.43. The minimum Gasteiger partial charge on any atom is -0.335 e. The molecule has 1 aliphatic heterocycles. The molecule has 0 saturated carbocycles. The van der Waals surface area contributed by atoms with Crippen LogP contribution < -0.4 is 0 Å². The van der Waals surface area contributed by atoms with Gasteiger partial charge in [-0.25, -0.2) is 4.98 Å². The minimum absolute atomic E-state index is 0.106. The molecule has 0 aliphatic carbocycles. The maximum Gasteiger partial charge on any atom is 0.265 e. The number of piperazine rings is 1. The molecule has 1 aromatic carbocycles. The predicted molar refractivity (Wildman–Crippen MR) is 109 cm³/mol. The SMILES string of the molecule is CCC(C)N1CCN(C(=O)c2sc(-c3cccc(Cl)c3C)nc2C)CC1. The molecule has 2 heterocycles. The van der Waals surface area contributed by atoms with Crippen molar-refractivity contribution in [3.05, 3.63) is 39.4 Å². The Balaban J connectivity index is 1.77. The zero-order chi connectivity index (χ0) is 18.8. The molecule has 1 aromatic heterocycles. The number of aryl methyl sites for hydroxylation is 1. The van der Waals surface area contributed by atoms with Crippen LogP contribution in [-0.4, -0.2) is 52.9 Å². The van der Waals surface area contributed by atoms with E-state index in [1.165, 1.54) is 11.3 Å². The minimum atomic E-state index is 0.106. The Morgan fingerprint density at radius 1 is 1.27 bits per heavy atom. The summed E-state index contributed by atoms with van der Waals surface area (Å²) in [7, 11) is 0. The Bertz CT molecular complexity index is 796. The molecule has 1 fully saturated rings. The van der Waals surface area contributed by atoms with Crippen LogP contribution in [0.2, 0.25) is 5.02 Å². The topological polar surface area (TPSA) is 36.4 Å². The Kier molecular flexibility index (Phi) is 6.00. The Morgan fingerprint density at radius 2 is 1.96 bits per heavy atom. The van der Waals surface area contributed by atoms with Gasteiger partial charge < -0.3 is 4.90 Å². The summed E-state index contributed by atoms with van der Waals surface area (Å²) in [6.07, 6.45) is 1.14. The molecular formula is C20H26ClN3OS. The Labute approximate surface area is 164 Å². The van der Waals surface area contributed by atoms with Crippen molar-refractivity contribution in [3.8, 4) is 10.6 Å². The highest BCUT2D eigenvalue weighted by Crippen LogP contribution is 2.33. The van der Waals surface area contributed by atoms with E-state index in [1.807, 2.05) is 36.9 Å². The summed E-state index contributed by atoms with van der Waals surface area (Å²) in [6, 6.07) is 6.40. The Morgan fingerprint density at radius 3 is 2.62 bits per heavy atom. The largest absolute Gasteiger partial charge is 0.335 e. The van der Waals surface area contributed by atoms with Crippen molar-refractivity contribution < 1.29 is 4.79 Å². The van der Waals surface area contributed by atoms with Crippen molar-refractivity contribution in [3.63, 3.8) is 0 Å². The van der Waals surface area contributed by atoms with E-state index in [-0.39, 0.29) is 5.91 Å². The van der Waals surface area contributed by atoms with Gasteiger partial charge in [-0.05, 0) is 38.8 Å². The number of halogens is 1. The van der Waals surface area contributed by atoms with Crippen LogP contribution in [0.5, 0.6) is 0 Å². The van der Waals surface area contributed by atoms with E-state index >= 15 is 0 Å². The lowest BCUT2D eigenvalue weighted by Gasteiger charge is -2.37. The van der Waals surface area contributed by atoms with Crippen LogP contribution in [0.15, 0.2) is 18.2 Å². The van der Waals surface area contributed by atoms with Crippen LogP contribution in [0.3, 0.4) is 0 Å². The molecule has 3 rings (SSSR count). The first kappa shape index (κ1) is 19.3. The van der Waals surface area contributed by atoms with Crippen LogP contribution in [-0.2, 0) is 0 Å². The van der Waals surface area contributed by atoms with Crippen LogP contribution in [0.1, 0.15) is 41.2 Å². The highest BCUT2D eigenvalue weighted by atomic mass is 35.5. The van der Waals surface area contributed by atoms with Gasteiger partial charge in [0.2, 0.25) is 0 Å². The first-order chi connectivity index (χ1) is 12.4. The summed E-state index contributed by atoms with van der Waals surface area (Å²) in [5.41, 5.74) is 2.81. The number of hydrogen-bond donors (Lipinski definition) is 0. The second kappa shape index (κ2) is 8.07. The average Bonchev–Trinajstić information content (AvgIpc) is 3.04. The summed E-state index contributed by atoms with van der Waals surface area (Å²) in [5, 5.41) is 1.59. The molecule has 0 radical (unpaired) electrons. The fraction of sp³-hybridized carbons (Fsp3) is 0.500. The number of carbonyl (C=O) groups excluding carboxylic acids is 1. The van der Waals surface area contributed by atoms with E-state index in [9.17, 15) is 4.79 Å². The van der Waals surface area contributed by atoms with Gasteiger partial charge in [0.25, 0.3) is 5.91 Å². The van der Waals surface area contributed by atoms with Crippen molar-refractivity contribution >= 4 is 28.8 Å². The molecule has 0 spiro atoms. The summed E-state index contributed by atoms with van der Waals surface area (Å²) in [4.78, 5) is 22.8. The zero-order valence-electron chi connectivity index (χ0n) is 15.9. The van der Waals surface area contributed by atoms with E-state index in [0.29, 0.717) is 6.04 Å². The molecule has 2 aromatic rings. The number of aromatic nitrogens is 1. The summed E-state index contributed by atoms with van der Waals surface area (Å²) in [5.74, 6) is 0.106. The number of amides is 1. The maximum atomic E-state index is 13.0. The number of nitrogens with zero attached hydrogens (tertiary/aromatic N) is 3. The first-order valence-electron chi connectivity index (χ1n) is 9.18. The lowest BCUT2D eigenvalue weighted by Crippen LogP contribution is -2.51. The molecule has 140 valence electrons. The maximum absolute atomic E-state index is 13.0. The van der Waals surface area contributed by atoms with Crippen molar-refractivity contribution in [2.75, 3.05) is 26.2 Å². The summed E-state index contributed by atoms with van der Waals surface area (Å²) < 4.78 is 0. The molecule has 4 nitrogen and oxygen atoms in total. The molecule has 6 heteroatoms. The third kappa shape index (κ3) is 3.80. The van der Waals surface area contributed by atoms with Gasteiger partial charge in [-0.2, -0.15) is 0 Å². The van der Waals surface area contributed by atoms with E-state index in [2.05, 4.69) is 23.7 Å². The predicted octanol–water partition coefficient (Wildman–Crippen LogP) is 4.64. The highest BCUT2D eigenvalue weighted by Gasteiger charge is 2.27. The van der Waals surface area contributed by atoms with Gasteiger partial charge in [-0.3, -0.25) is 9.69 Å². The number of carbonyl (C=O) groups is 1. The average molecular weight is 392 g/mol. The van der Waals surface area contributed by atoms with Gasteiger partial charge in [-0.15, -0.1) is 11.3 Å². The summed E-state index contributed by atoms with van der Waals surface area (Å²) in [6.45, 7) is 11.8. The monoisotopic (exact) mass is 391 g/mol. The lowest BCUT2D eigenvalue weighted by molar-refractivity contribution is 0.0583. The van der Waals surface area contributed by atoms with Crippen LogP contribution >= 0.6 is 22.9 Å². The third-order valence-electron chi connectivity index (χ3n) is 5.30. The van der Waals surface area contributed by atoms with Gasteiger partial charge in [-0.1, -0.05) is 30.7 Å². The molecular weight excluding hydrogens is 366 g/mol. The third-order valence-corrected chi connectivity index (χ3v) is 6.89. The van der Waals surface area contributed by atoms with E-state index in [4.69, 9.17) is 11.6 Å². The molecule has 0 bridgehead atoms. The standard InChI is InChI=1S/C20H26ClN3OS/c1-5-13(2)23-9-11-24(12-10-23)20(25)18-15(4)22-19(26-18)16-7-6-8-17(21)14(16)3/h6-8,13H,5,9-12H2,1-4H3. The lowest BCUT2D eigenvalue weighted by atomic mass is 10.1. The molecule has 1 unspecified atom stereocenters. The van der Waals surface area contributed by atoms with Crippen LogP contribution in [0.4, 0.5) is 0 Å². The van der Waals surface area contributed by atoms with Crippen molar-refractivity contribution in [2.45, 2.75) is 40.2 Å². The quantitative estimate of drug-likeness (QED) is 0.761. The van der Waals surface area contributed by atoms with Gasteiger partial charge in [0, 0.05) is 42.8 Å². The van der Waals surface area contributed by atoms with Crippen molar-refractivity contribution in [1.29, 1.82) is 0 Å². The number of hydrogen-bond acceptors (Lipinski definition) is 4. The molecule has 1 aliphatic rings. The van der Waals surface area contributed by atoms with E-state index < -0.39 is 0 Å². The second-order valence-electron chi connectivity index (χ2n) is 6.93. The fourth-order valence-corrected chi connectivity index (χ4v) is 4.61. The van der Waals surface area contributed by atoms with Crippen LogP contribution in [0.25, 0.3) is 10.6 Å². The first-order valence-corrected chi connectivity index (χ1v) is 10.4. The fourth-order valence-electron chi connectivity index (χ4n) is 3.32. The van der Waals surface area contributed by atoms with Crippen LogP contribution in [0, 0.1) is 13.8 Å². The molecule has 0 N–H and O–H groups in total. The molecule has 26 heavy (non-hydrogen) atoms. The highest BCUT2D eigenvalue weighted by molar-refractivity contribution is 7.17. The number of benzene rings is 1. The zero-order valence-corrected chi connectivity index (χ0v) is 17.5. The van der Waals surface area contributed by atoms with Gasteiger partial charge in [0.1, 0.15) is 9.88 Å². The molecule has 1 saturated heterocycles. The normalized spacial score (nSPS) is 16.7. The van der Waals surface area contributed by atoms with E-state index in [1.54, 1.807) is 0 Å². The van der Waals surface area contributed by atoms with E-state index in [0.717, 1.165) is 64.3 Å². The van der Waals surface area contributed by atoms with Crippen molar-refractivity contribution in [2.24, 2.45) is 0 Å². The van der Waals surface area contributed by atoms with Gasteiger partial charge in [0.05, 0.1) is 5.69 Å². The smallest absolute Gasteiger partial charge is 0.265 e. The molecule has 1 amide bonds.